The molecule has 1 heterocycles. The Kier molecular flexibility index (Phi) is 5.12. The lowest BCUT2D eigenvalue weighted by atomic mass is 9.79. The van der Waals surface area contributed by atoms with Gasteiger partial charge >= 0.3 is 0 Å². The van der Waals surface area contributed by atoms with Crippen LogP contribution < -0.4 is 5.90 Å². The van der Waals surface area contributed by atoms with Gasteiger partial charge in [0.15, 0.2) is 0 Å². The van der Waals surface area contributed by atoms with Crippen molar-refractivity contribution in [3.63, 3.8) is 0 Å². The number of hydrogen-bond donors (Lipinski definition) is 1. The van der Waals surface area contributed by atoms with Crippen molar-refractivity contribution in [2.75, 3.05) is 0 Å². The predicted molar refractivity (Wildman–Crippen MR) is 104 cm³/mol. The second-order valence-corrected chi connectivity index (χ2v) is 6.90. The molecular weight excluding hydrogens is 320 g/mol. The molecule has 1 aliphatic rings. The molecule has 132 valence electrons. The van der Waals surface area contributed by atoms with Crippen molar-refractivity contribution >= 4 is 0 Å². The van der Waals surface area contributed by atoms with Gasteiger partial charge in [-0.1, -0.05) is 91.0 Å². The van der Waals surface area contributed by atoms with E-state index < -0.39 is 0 Å². The summed E-state index contributed by atoms with van der Waals surface area (Å²) in [4.78, 5) is 5.44. The van der Waals surface area contributed by atoms with Crippen molar-refractivity contribution in [2.24, 2.45) is 5.90 Å². The zero-order chi connectivity index (χ0) is 17.8. The van der Waals surface area contributed by atoms with E-state index in [0.29, 0.717) is 5.92 Å². The highest BCUT2D eigenvalue weighted by Crippen LogP contribution is 2.47. The molecule has 0 aliphatic carbocycles. The molecule has 1 aliphatic heterocycles. The number of nitrogens with zero attached hydrogens (tertiary/aromatic N) is 1. The van der Waals surface area contributed by atoms with E-state index in [9.17, 15) is 0 Å². The second kappa shape index (κ2) is 7.83. The molecule has 0 aromatic heterocycles. The fourth-order valence-electron chi connectivity index (χ4n) is 4.12. The van der Waals surface area contributed by atoms with E-state index in [0.717, 1.165) is 12.8 Å². The smallest absolute Gasteiger partial charge is 0.0633 e. The van der Waals surface area contributed by atoms with Gasteiger partial charge in [-0.15, -0.1) is 0 Å². The maximum atomic E-state index is 5.77. The maximum absolute atomic E-state index is 5.77. The van der Waals surface area contributed by atoms with E-state index in [2.05, 4.69) is 78.9 Å². The minimum absolute atomic E-state index is 0.116. The van der Waals surface area contributed by atoms with E-state index in [1.54, 1.807) is 0 Å². The van der Waals surface area contributed by atoms with E-state index in [-0.39, 0.29) is 12.1 Å². The van der Waals surface area contributed by atoms with Crippen molar-refractivity contribution in [3.8, 4) is 0 Å². The monoisotopic (exact) mass is 344 g/mol. The summed E-state index contributed by atoms with van der Waals surface area (Å²) in [6, 6.07) is 32.0. The van der Waals surface area contributed by atoms with Gasteiger partial charge in [0.1, 0.15) is 0 Å². The van der Waals surface area contributed by atoms with Crippen LogP contribution in [0.15, 0.2) is 91.0 Å². The highest BCUT2D eigenvalue weighted by molar-refractivity contribution is 5.28. The molecule has 3 aromatic rings. The summed E-state index contributed by atoms with van der Waals surface area (Å²) in [6.45, 7) is 0. The third-order valence-corrected chi connectivity index (χ3v) is 5.39. The van der Waals surface area contributed by atoms with Crippen molar-refractivity contribution in [1.82, 2.24) is 5.06 Å². The van der Waals surface area contributed by atoms with Crippen molar-refractivity contribution < 1.29 is 4.94 Å². The summed E-state index contributed by atoms with van der Waals surface area (Å²) in [7, 11) is 0. The Hall–Kier alpha value is -2.46. The van der Waals surface area contributed by atoms with Crippen LogP contribution in [0, 0.1) is 0 Å². The summed E-state index contributed by atoms with van der Waals surface area (Å²) in [5, 5.41) is 1.98. The van der Waals surface area contributed by atoms with Crippen LogP contribution in [0.25, 0.3) is 0 Å². The average molecular weight is 344 g/mol. The fourth-order valence-corrected chi connectivity index (χ4v) is 4.12. The van der Waals surface area contributed by atoms with Crippen LogP contribution in [0.1, 0.15) is 47.5 Å². The van der Waals surface area contributed by atoms with E-state index in [1.807, 2.05) is 17.2 Å². The average Bonchev–Trinajstić information content (AvgIpc) is 2.74. The lowest BCUT2D eigenvalue weighted by molar-refractivity contribution is -0.238. The molecule has 3 heteroatoms. The first-order valence-electron chi connectivity index (χ1n) is 9.17. The number of piperidine rings is 1. The van der Waals surface area contributed by atoms with E-state index in [1.165, 1.54) is 16.7 Å². The number of hydroxylamine groups is 2. The van der Waals surface area contributed by atoms with Crippen LogP contribution in [-0.4, -0.2) is 5.06 Å². The summed E-state index contributed by atoms with van der Waals surface area (Å²) in [6.07, 6.45) is 1.96. The quantitative estimate of drug-likeness (QED) is 0.665. The molecule has 2 unspecified atom stereocenters. The molecule has 2 atom stereocenters. The molecular formula is C23H24N2O. The van der Waals surface area contributed by atoms with Crippen LogP contribution in [0.3, 0.4) is 0 Å². The molecule has 0 spiro atoms. The Bertz CT molecular complexity index is 758. The van der Waals surface area contributed by atoms with Crippen molar-refractivity contribution in [2.45, 2.75) is 30.8 Å². The highest BCUT2D eigenvalue weighted by atomic mass is 16.8. The molecule has 3 aromatic carbocycles. The third kappa shape index (κ3) is 3.42. The van der Waals surface area contributed by atoms with Gasteiger partial charge < -0.3 is 0 Å². The molecule has 0 radical (unpaired) electrons. The zero-order valence-corrected chi connectivity index (χ0v) is 14.7. The number of nitrogens with two attached hydrogens (primary N) is 1. The molecule has 1 fully saturated rings. The van der Waals surface area contributed by atoms with Crippen LogP contribution in [-0.2, 0) is 4.94 Å². The maximum Gasteiger partial charge on any atom is 0.0633 e. The summed E-state index contributed by atoms with van der Waals surface area (Å²) in [5.74, 6) is 6.23. The summed E-state index contributed by atoms with van der Waals surface area (Å²) < 4.78 is 0. The van der Waals surface area contributed by atoms with E-state index >= 15 is 0 Å². The Morgan fingerprint density at radius 2 is 1.00 bits per heavy atom. The van der Waals surface area contributed by atoms with Gasteiger partial charge in [0, 0.05) is 0 Å². The molecule has 4 rings (SSSR count). The zero-order valence-electron chi connectivity index (χ0n) is 14.7. The lowest BCUT2D eigenvalue weighted by Crippen LogP contribution is -2.40. The SMILES string of the molecule is NON1C(c2ccccc2)CC(c2ccccc2)CC1c1ccccc1. The Labute approximate surface area is 154 Å². The first-order valence-corrected chi connectivity index (χ1v) is 9.17. The second-order valence-electron chi connectivity index (χ2n) is 6.90. The lowest BCUT2D eigenvalue weighted by Gasteiger charge is -2.43. The summed E-state index contributed by atoms with van der Waals surface area (Å²) >= 11 is 0. The Balaban J connectivity index is 1.74. The molecule has 1 saturated heterocycles. The number of rotatable bonds is 4. The Morgan fingerprint density at radius 1 is 0.615 bits per heavy atom. The minimum Gasteiger partial charge on any atom is -0.213 e. The van der Waals surface area contributed by atoms with Crippen LogP contribution in [0.5, 0.6) is 0 Å². The molecule has 26 heavy (non-hydrogen) atoms. The first kappa shape index (κ1) is 17.0. The first-order chi connectivity index (χ1) is 12.9. The number of hydrogen-bond acceptors (Lipinski definition) is 3. The van der Waals surface area contributed by atoms with Crippen LogP contribution in [0.2, 0.25) is 0 Å². The molecule has 2 N–H and O–H groups in total. The van der Waals surface area contributed by atoms with Crippen LogP contribution >= 0.6 is 0 Å². The van der Waals surface area contributed by atoms with Gasteiger partial charge in [-0.2, -0.15) is 11.0 Å². The highest BCUT2D eigenvalue weighted by Gasteiger charge is 2.38. The fraction of sp³-hybridized carbons (Fsp3) is 0.217. The molecule has 0 amide bonds. The number of benzene rings is 3. The van der Waals surface area contributed by atoms with Gasteiger partial charge in [0.2, 0.25) is 0 Å². The van der Waals surface area contributed by atoms with Gasteiger partial charge in [-0.05, 0) is 35.4 Å². The standard InChI is InChI=1S/C23H24N2O/c24-26-25-22(19-12-6-2-7-13-19)16-21(18-10-4-1-5-11-18)17-23(25)20-14-8-3-9-15-20/h1-15,21-23H,16-17,24H2. The van der Waals surface area contributed by atoms with Gasteiger partial charge in [-0.3, -0.25) is 0 Å². The van der Waals surface area contributed by atoms with Crippen molar-refractivity contribution in [3.05, 3.63) is 108 Å². The van der Waals surface area contributed by atoms with Crippen LogP contribution in [0.4, 0.5) is 0 Å². The van der Waals surface area contributed by atoms with E-state index in [4.69, 9.17) is 10.8 Å². The topological polar surface area (TPSA) is 38.5 Å². The summed E-state index contributed by atoms with van der Waals surface area (Å²) in [5.41, 5.74) is 3.85. The van der Waals surface area contributed by atoms with Gasteiger partial charge in [0.05, 0.1) is 12.1 Å². The predicted octanol–water partition coefficient (Wildman–Crippen LogP) is 5.15. The molecule has 3 nitrogen and oxygen atoms in total. The molecule has 0 bridgehead atoms. The largest absolute Gasteiger partial charge is 0.213 e. The Morgan fingerprint density at radius 3 is 1.38 bits per heavy atom. The normalized spacial score (nSPS) is 23.7. The van der Waals surface area contributed by atoms with Crippen molar-refractivity contribution in [1.29, 1.82) is 0 Å². The van der Waals surface area contributed by atoms with Gasteiger partial charge in [0.25, 0.3) is 0 Å². The third-order valence-electron chi connectivity index (χ3n) is 5.39. The van der Waals surface area contributed by atoms with Gasteiger partial charge in [-0.25, -0.2) is 4.94 Å². The molecule has 0 saturated carbocycles. The minimum atomic E-state index is 0.116.